The van der Waals surface area contributed by atoms with Crippen LogP contribution in [0, 0.1) is 0 Å². The molecular weight excluding hydrogens is 259 g/mol. The molecule has 0 fully saturated rings. The van der Waals surface area contributed by atoms with Gasteiger partial charge < -0.3 is 19.8 Å². The minimum absolute atomic E-state index is 0.0311. The van der Waals surface area contributed by atoms with E-state index in [4.69, 9.17) is 0 Å². The third-order valence-electron chi connectivity index (χ3n) is 3.30. The van der Waals surface area contributed by atoms with E-state index in [9.17, 15) is 19.9 Å². The van der Waals surface area contributed by atoms with Crippen molar-refractivity contribution in [3.63, 3.8) is 0 Å². The van der Waals surface area contributed by atoms with E-state index in [2.05, 4.69) is 4.65 Å². The van der Waals surface area contributed by atoms with Gasteiger partial charge in [0.2, 0.25) is 5.78 Å². The molecule has 0 saturated carbocycles. The molecule has 3 rings (SSSR count). The van der Waals surface area contributed by atoms with Crippen molar-refractivity contribution >= 4 is 13.1 Å². The van der Waals surface area contributed by atoms with Crippen LogP contribution in [0.5, 0.6) is 11.5 Å². The summed E-state index contributed by atoms with van der Waals surface area (Å²) >= 11 is 0. The second kappa shape index (κ2) is 4.66. The maximum absolute atomic E-state index is 12.5. The number of ketones is 1. The van der Waals surface area contributed by atoms with Gasteiger partial charge in [0, 0.05) is 0 Å². The van der Waals surface area contributed by atoms with Crippen LogP contribution in [-0.4, -0.2) is 18.2 Å². The first-order valence-electron chi connectivity index (χ1n) is 6.03. The summed E-state index contributed by atoms with van der Waals surface area (Å²) in [7, 11) is -2.50. The van der Waals surface area contributed by atoms with Gasteiger partial charge in [0.05, 0.1) is 11.1 Å². The lowest BCUT2D eigenvalue weighted by molar-refractivity contribution is -0.372. The van der Waals surface area contributed by atoms with Crippen LogP contribution in [0.25, 0.3) is 0 Å². The van der Waals surface area contributed by atoms with Gasteiger partial charge in [0.15, 0.2) is 0 Å². The minimum atomic E-state index is -2.50. The molecule has 1 N–H and O–H groups in total. The second-order valence-corrected chi connectivity index (χ2v) is 4.51. The lowest BCUT2D eigenvalue weighted by atomic mass is 9.84. The zero-order valence-electron chi connectivity index (χ0n) is 10.3. The van der Waals surface area contributed by atoms with Gasteiger partial charge in [-0.2, -0.15) is 0 Å². The van der Waals surface area contributed by atoms with Crippen LogP contribution in [0.4, 0.5) is 0 Å². The van der Waals surface area contributed by atoms with Gasteiger partial charge in [-0.15, -0.1) is 0 Å². The zero-order chi connectivity index (χ0) is 14.3. The first kappa shape index (κ1) is 12.7. The fraction of sp³-hybridized carbons (Fsp3) is 0.0714. The zero-order valence-corrected chi connectivity index (χ0v) is 10.3. The third kappa shape index (κ3) is 1.95. The molecule has 1 aliphatic rings. The summed E-state index contributed by atoms with van der Waals surface area (Å²) in [6, 6.07) is 9.61. The Morgan fingerprint density at radius 1 is 1.05 bits per heavy atom. The normalized spacial score (nSPS) is 12.6. The lowest BCUT2D eigenvalue weighted by Gasteiger charge is -2.30. The quantitative estimate of drug-likeness (QED) is 0.639. The van der Waals surface area contributed by atoms with Crippen LogP contribution in [0.1, 0.15) is 27.0 Å². The Morgan fingerprint density at radius 3 is 2.40 bits per heavy atom. The second-order valence-electron chi connectivity index (χ2n) is 4.51. The molecule has 2 aromatic rings. The molecule has 1 aliphatic carbocycles. The predicted molar refractivity (Wildman–Crippen MR) is 67.2 cm³/mol. The van der Waals surface area contributed by atoms with Crippen molar-refractivity contribution in [2.45, 2.75) is 6.42 Å². The number of phenols is 1. The molecule has 20 heavy (non-hydrogen) atoms. The number of benzene rings is 2. The fourth-order valence-electron chi connectivity index (χ4n) is 2.51. The van der Waals surface area contributed by atoms with E-state index < -0.39 is 13.1 Å². The Balaban J connectivity index is 2.17. The first-order valence-corrected chi connectivity index (χ1v) is 6.03. The highest BCUT2D eigenvalue weighted by molar-refractivity contribution is 6.30. The van der Waals surface area contributed by atoms with E-state index in [1.54, 1.807) is 24.3 Å². The highest BCUT2D eigenvalue weighted by Crippen LogP contribution is 2.36. The van der Waals surface area contributed by atoms with E-state index in [-0.39, 0.29) is 22.6 Å². The van der Waals surface area contributed by atoms with Gasteiger partial charge >= 0.3 is 0 Å². The van der Waals surface area contributed by atoms with E-state index in [0.717, 1.165) is 0 Å². The van der Waals surface area contributed by atoms with E-state index in [1.165, 1.54) is 12.1 Å². The number of carbonyl (C=O) groups excluding carboxylic acids is 1. The number of fused-ring (bicyclic) bond motifs is 2. The molecule has 0 spiro atoms. The molecule has 2 aromatic carbocycles. The van der Waals surface area contributed by atoms with Gasteiger partial charge in [-0.25, -0.2) is 0 Å². The first-order chi connectivity index (χ1) is 9.58. The number of phenolic OH excluding ortho intramolecular Hbond substituents is 1. The largest absolute Gasteiger partial charge is 0.860 e. The smallest absolute Gasteiger partial charge is 0.200 e. The summed E-state index contributed by atoms with van der Waals surface area (Å²) in [5, 5.41) is 31.2. The molecule has 0 radical (unpaired) electrons. The Labute approximate surface area is 115 Å². The van der Waals surface area contributed by atoms with Crippen LogP contribution in [0.15, 0.2) is 36.4 Å². The van der Waals surface area contributed by atoms with Gasteiger partial charge in [-0.1, -0.05) is 24.3 Å². The van der Waals surface area contributed by atoms with Crippen LogP contribution < -0.4 is 14.7 Å². The van der Waals surface area contributed by atoms with Crippen molar-refractivity contribution in [1.82, 2.24) is 0 Å². The Hall–Kier alpha value is -2.31. The molecule has 0 aromatic heterocycles. The Bertz CT molecular complexity index is 696. The number of hydrogen-bond acceptors (Lipinski definition) is 5. The van der Waals surface area contributed by atoms with Crippen LogP contribution >= 0.6 is 0 Å². The minimum Gasteiger partial charge on any atom is -0.860 e. The van der Waals surface area contributed by atoms with E-state index >= 15 is 0 Å². The third-order valence-corrected chi connectivity index (χ3v) is 3.30. The van der Waals surface area contributed by atoms with Gasteiger partial charge in [0.1, 0.15) is 18.8 Å². The average molecular weight is 268 g/mol. The van der Waals surface area contributed by atoms with Crippen molar-refractivity contribution < 1.29 is 24.6 Å². The maximum Gasteiger partial charge on any atom is 0.200 e. The summed E-state index contributed by atoms with van der Waals surface area (Å²) < 4.78 is 4.62. The molecule has 6 heteroatoms. The van der Waals surface area contributed by atoms with Crippen molar-refractivity contribution in [3.8, 4) is 11.5 Å². The summed E-state index contributed by atoms with van der Waals surface area (Å²) in [6.07, 6.45) is 0.435. The van der Waals surface area contributed by atoms with Gasteiger partial charge in [-0.3, -0.25) is 4.79 Å². The highest BCUT2D eigenvalue weighted by Gasteiger charge is 2.28. The van der Waals surface area contributed by atoms with Gasteiger partial charge in [-0.05, 0) is 29.7 Å². The molecule has 5 nitrogen and oxygen atoms in total. The SMILES string of the molecule is O=C1c2c(O)cccc2Cc2cccc(OB([O-])[O-])c21. The molecule has 0 atom stereocenters. The van der Waals surface area contributed by atoms with E-state index in [0.29, 0.717) is 17.5 Å². The fourth-order valence-corrected chi connectivity index (χ4v) is 2.51. The summed E-state index contributed by atoms with van der Waals surface area (Å²) in [6.45, 7) is 0. The van der Waals surface area contributed by atoms with Crippen LogP contribution in [0.2, 0.25) is 0 Å². The molecular formula is C14H9BO5-2. The molecule has 0 bridgehead atoms. The molecule has 0 heterocycles. The van der Waals surface area contributed by atoms with Crippen molar-refractivity contribution in [3.05, 3.63) is 58.7 Å². The summed E-state index contributed by atoms with van der Waals surface area (Å²) in [5.41, 5.74) is 1.76. The number of hydrogen-bond donors (Lipinski definition) is 1. The van der Waals surface area contributed by atoms with Crippen LogP contribution in [0.3, 0.4) is 0 Å². The highest BCUT2D eigenvalue weighted by atomic mass is 16.6. The Morgan fingerprint density at radius 2 is 1.70 bits per heavy atom. The maximum atomic E-state index is 12.5. The summed E-state index contributed by atoms with van der Waals surface area (Å²) in [5.74, 6) is -0.583. The molecule has 0 amide bonds. The molecule has 0 aliphatic heterocycles. The van der Waals surface area contributed by atoms with Crippen LogP contribution in [-0.2, 0) is 6.42 Å². The van der Waals surface area contributed by atoms with Crippen molar-refractivity contribution in [2.24, 2.45) is 0 Å². The van der Waals surface area contributed by atoms with Gasteiger partial charge in [0.25, 0.3) is 0 Å². The molecule has 100 valence electrons. The Kier molecular flexibility index (Phi) is 2.96. The standard InChI is InChI=1S/C14H9BO5/c16-10-5-1-3-8-7-9-4-2-6-11(20-15(18)19)13(9)14(17)12(8)10/h1-6,16H,7H2/q-2. The van der Waals surface area contributed by atoms with E-state index in [1.807, 2.05) is 0 Å². The van der Waals surface area contributed by atoms with Crippen molar-refractivity contribution in [1.29, 1.82) is 0 Å². The predicted octanol–water partition coefficient (Wildman–Crippen LogP) is -0.388. The average Bonchev–Trinajstić information content (AvgIpc) is 2.38. The van der Waals surface area contributed by atoms with Crippen molar-refractivity contribution in [2.75, 3.05) is 0 Å². The summed E-state index contributed by atoms with van der Waals surface area (Å²) in [4.78, 5) is 12.5. The number of carbonyl (C=O) groups is 1. The monoisotopic (exact) mass is 268 g/mol. The topological polar surface area (TPSA) is 92.7 Å². The molecule has 0 saturated heterocycles. The lowest BCUT2D eigenvalue weighted by Crippen LogP contribution is -2.50. The number of aromatic hydroxyl groups is 1. The number of rotatable bonds is 2. The molecule has 0 unspecified atom stereocenters.